The highest BCUT2D eigenvalue weighted by atomic mass is 32.2. The smallest absolute Gasteiger partial charge is 0.306 e. The molecule has 0 amide bonds. The first kappa shape index (κ1) is 14.1. The highest BCUT2D eigenvalue weighted by Gasteiger charge is 2.15. The van der Waals surface area contributed by atoms with Gasteiger partial charge in [-0.25, -0.2) is 0 Å². The first-order valence-corrected chi connectivity index (χ1v) is 7.51. The van der Waals surface area contributed by atoms with Crippen molar-refractivity contribution in [2.45, 2.75) is 0 Å². The Bertz CT molecular complexity index is 735. The van der Waals surface area contributed by atoms with Crippen LogP contribution in [0.2, 0.25) is 0 Å². The minimum absolute atomic E-state index is 0.0467. The van der Waals surface area contributed by atoms with Crippen LogP contribution in [-0.2, 0) is 10.1 Å². The average molecular weight is 292 g/mol. The number of carbonyl (C=O) groups excluding carboxylic acids is 1. The third-order valence-electron chi connectivity index (χ3n) is 2.50. The van der Waals surface area contributed by atoms with Gasteiger partial charge in [0.2, 0.25) is 0 Å². The molecule has 0 saturated heterocycles. The van der Waals surface area contributed by atoms with Gasteiger partial charge in [0.1, 0.15) is 11.5 Å². The Balaban J connectivity index is 2.33. The lowest BCUT2D eigenvalue weighted by Gasteiger charge is -2.07. The van der Waals surface area contributed by atoms with Crippen molar-refractivity contribution in [1.29, 1.82) is 0 Å². The molecule has 0 aliphatic carbocycles. The first-order chi connectivity index (χ1) is 9.37. The van der Waals surface area contributed by atoms with E-state index in [1.54, 1.807) is 30.3 Å². The molecule has 6 heteroatoms. The van der Waals surface area contributed by atoms with Crippen LogP contribution in [0.5, 0.6) is 11.5 Å². The lowest BCUT2D eigenvalue weighted by Crippen LogP contribution is -2.06. The summed E-state index contributed by atoms with van der Waals surface area (Å²) in [5.41, 5.74) is 0.511. The summed E-state index contributed by atoms with van der Waals surface area (Å²) < 4.78 is 26.6. The summed E-state index contributed by atoms with van der Waals surface area (Å²) in [6.45, 7) is 0. The quantitative estimate of drug-likeness (QED) is 0.688. The fourth-order valence-electron chi connectivity index (χ4n) is 1.68. The highest BCUT2D eigenvalue weighted by Crippen LogP contribution is 2.26. The topological polar surface area (TPSA) is 80.7 Å². The van der Waals surface area contributed by atoms with E-state index in [0.29, 0.717) is 5.56 Å². The molecule has 104 valence electrons. The number of hydrogen-bond donors (Lipinski definition) is 1. The predicted molar refractivity (Wildman–Crippen MR) is 73.5 cm³/mol. The highest BCUT2D eigenvalue weighted by molar-refractivity contribution is 7.86. The minimum Gasteiger partial charge on any atom is -0.507 e. The van der Waals surface area contributed by atoms with Crippen LogP contribution in [0.3, 0.4) is 0 Å². The van der Waals surface area contributed by atoms with Crippen molar-refractivity contribution in [3.8, 4) is 11.5 Å². The van der Waals surface area contributed by atoms with E-state index in [9.17, 15) is 18.3 Å². The summed E-state index contributed by atoms with van der Waals surface area (Å²) in [7, 11) is -3.68. The van der Waals surface area contributed by atoms with Gasteiger partial charge in [-0.2, -0.15) is 8.42 Å². The number of ketones is 1. The molecule has 0 unspecified atom stereocenters. The summed E-state index contributed by atoms with van der Waals surface area (Å²) in [5.74, 6) is -0.733. The molecule has 0 atom stereocenters. The second-order valence-electron chi connectivity index (χ2n) is 4.16. The van der Waals surface area contributed by atoms with Gasteiger partial charge in [-0.05, 0) is 12.1 Å². The largest absolute Gasteiger partial charge is 0.507 e. The molecule has 0 bridgehead atoms. The van der Waals surface area contributed by atoms with Crippen LogP contribution in [0, 0.1) is 0 Å². The van der Waals surface area contributed by atoms with E-state index in [1.807, 2.05) is 0 Å². The van der Waals surface area contributed by atoms with E-state index < -0.39 is 10.1 Å². The van der Waals surface area contributed by atoms with Crippen molar-refractivity contribution in [2.24, 2.45) is 0 Å². The van der Waals surface area contributed by atoms with Crippen molar-refractivity contribution >= 4 is 15.9 Å². The van der Waals surface area contributed by atoms with Crippen molar-refractivity contribution in [3.63, 3.8) is 0 Å². The van der Waals surface area contributed by atoms with Crippen LogP contribution < -0.4 is 4.18 Å². The van der Waals surface area contributed by atoms with Crippen LogP contribution in [0.25, 0.3) is 0 Å². The number of phenols is 1. The molecular weight excluding hydrogens is 280 g/mol. The Morgan fingerprint density at radius 3 is 2.30 bits per heavy atom. The van der Waals surface area contributed by atoms with Gasteiger partial charge in [0.15, 0.2) is 5.78 Å². The van der Waals surface area contributed by atoms with Gasteiger partial charge in [0, 0.05) is 11.6 Å². The zero-order chi connectivity index (χ0) is 14.8. The Morgan fingerprint density at radius 1 is 1.10 bits per heavy atom. The van der Waals surface area contributed by atoms with Gasteiger partial charge >= 0.3 is 10.1 Å². The Kier molecular flexibility index (Phi) is 3.76. The van der Waals surface area contributed by atoms with Gasteiger partial charge in [-0.15, -0.1) is 0 Å². The monoisotopic (exact) mass is 292 g/mol. The molecule has 1 N–H and O–H groups in total. The number of carbonyl (C=O) groups is 1. The molecule has 0 heterocycles. The summed E-state index contributed by atoms with van der Waals surface area (Å²) in [5, 5.41) is 9.82. The molecule has 0 radical (unpaired) electrons. The van der Waals surface area contributed by atoms with E-state index >= 15 is 0 Å². The maximum atomic E-state index is 12.1. The Morgan fingerprint density at radius 2 is 1.75 bits per heavy atom. The number of benzene rings is 2. The molecular formula is C14H12O5S. The standard InChI is InChI=1S/C14H12O5S/c1-20(17,18)19-11-7-8-12(13(15)9-11)14(16)10-5-3-2-4-6-10/h2-9,15H,1H3. The van der Waals surface area contributed by atoms with Crippen molar-refractivity contribution < 1.29 is 22.5 Å². The molecule has 5 nitrogen and oxygen atoms in total. The van der Waals surface area contributed by atoms with Gasteiger partial charge in [-0.3, -0.25) is 4.79 Å². The fourth-order valence-corrected chi connectivity index (χ4v) is 2.13. The van der Waals surface area contributed by atoms with E-state index in [-0.39, 0.29) is 22.8 Å². The van der Waals surface area contributed by atoms with Gasteiger partial charge < -0.3 is 9.29 Å². The predicted octanol–water partition coefficient (Wildman–Crippen LogP) is 1.96. The zero-order valence-electron chi connectivity index (χ0n) is 10.6. The fraction of sp³-hybridized carbons (Fsp3) is 0.0714. The Hall–Kier alpha value is -2.34. The molecule has 20 heavy (non-hydrogen) atoms. The van der Waals surface area contributed by atoms with E-state index in [4.69, 9.17) is 0 Å². The second-order valence-corrected chi connectivity index (χ2v) is 5.74. The molecule has 2 rings (SSSR count). The number of rotatable bonds is 4. The zero-order valence-corrected chi connectivity index (χ0v) is 11.4. The number of aromatic hydroxyl groups is 1. The van der Waals surface area contributed by atoms with Crippen molar-refractivity contribution in [1.82, 2.24) is 0 Å². The van der Waals surface area contributed by atoms with E-state index in [2.05, 4.69) is 4.18 Å². The molecule has 0 aliphatic rings. The van der Waals surface area contributed by atoms with Crippen molar-refractivity contribution in [3.05, 3.63) is 59.7 Å². The van der Waals surface area contributed by atoms with Crippen LogP contribution in [0.15, 0.2) is 48.5 Å². The Labute approximate surface area is 116 Å². The maximum Gasteiger partial charge on any atom is 0.306 e. The molecule has 2 aromatic rings. The van der Waals surface area contributed by atoms with Crippen LogP contribution >= 0.6 is 0 Å². The second kappa shape index (κ2) is 5.34. The number of hydrogen-bond acceptors (Lipinski definition) is 5. The number of phenolic OH excluding ortho intramolecular Hbond substituents is 1. The lowest BCUT2D eigenvalue weighted by molar-refractivity contribution is 0.103. The SMILES string of the molecule is CS(=O)(=O)Oc1ccc(C(=O)c2ccccc2)c(O)c1. The summed E-state index contributed by atoms with van der Waals surface area (Å²) >= 11 is 0. The molecule has 0 saturated carbocycles. The molecule has 0 aliphatic heterocycles. The summed E-state index contributed by atoms with van der Waals surface area (Å²) in [6, 6.07) is 12.2. The average Bonchev–Trinajstić information content (AvgIpc) is 2.37. The van der Waals surface area contributed by atoms with Crippen LogP contribution in [0.4, 0.5) is 0 Å². The van der Waals surface area contributed by atoms with Gasteiger partial charge in [0.05, 0.1) is 11.8 Å². The first-order valence-electron chi connectivity index (χ1n) is 5.69. The molecule has 2 aromatic carbocycles. The third-order valence-corrected chi connectivity index (χ3v) is 2.99. The van der Waals surface area contributed by atoms with Gasteiger partial charge in [-0.1, -0.05) is 30.3 Å². The van der Waals surface area contributed by atoms with Crippen LogP contribution in [-0.4, -0.2) is 25.6 Å². The van der Waals surface area contributed by atoms with E-state index in [0.717, 1.165) is 12.3 Å². The summed E-state index contributed by atoms with van der Waals surface area (Å²) in [4.78, 5) is 12.1. The summed E-state index contributed by atoms with van der Waals surface area (Å²) in [6.07, 6.45) is 0.896. The molecule has 0 spiro atoms. The molecule has 0 aromatic heterocycles. The van der Waals surface area contributed by atoms with Gasteiger partial charge in [0.25, 0.3) is 0 Å². The third kappa shape index (κ3) is 3.36. The van der Waals surface area contributed by atoms with Crippen molar-refractivity contribution in [2.75, 3.05) is 6.26 Å². The molecule has 0 fully saturated rings. The van der Waals surface area contributed by atoms with E-state index in [1.165, 1.54) is 12.1 Å². The van der Waals surface area contributed by atoms with Crippen LogP contribution in [0.1, 0.15) is 15.9 Å². The lowest BCUT2D eigenvalue weighted by atomic mass is 10.0. The maximum absolute atomic E-state index is 12.1. The normalized spacial score (nSPS) is 11.1. The minimum atomic E-state index is -3.68.